The van der Waals surface area contributed by atoms with Crippen molar-refractivity contribution in [2.45, 2.75) is 77.3 Å². The first-order valence-corrected chi connectivity index (χ1v) is 14.0. The van der Waals surface area contributed by atoms with Crippen LogP contribution in [0.1, 0.15) is 75.9 Å². The molecule has 2 unspecified atom stereocenters. The van der Waals surface area contributed by atoms with Gasteiger partial charge in [-0.1, -0.05) is 34.6 Å². The normalized spacial score (nSPS) is 20.3. The van der Waals surface area contributed by atoms with E-state index in [1.165, 1.54) is 24.3 Å². The number of hydrogen-bond acceptors (Lipinski definition) is 5. The second kappa shape index (κ2) is 9.40. The van der Waals surface area contributed by atoms with Crippen molar-refractivity contribution in [1.82, 2.24) is 18.8 Å². The number of imidazole rings is 1. The van der Waals surface area contributed by atoms with E-state index in [9.17, 15) is 18.0 Å². The molecule has 2 N–H and O–H groups in total. The van der Waals surface area contributed by atoms with Crippen LogP contribution in [0.4, 0.5) is 0 Å². The number of nitrogens with zero attached hydrogens (tertiary/aromatic N) is 3. The number of aromatic nitrogens is 3. The van der Waals surface area contributed by atoms with Crippen molar-refractivity contribution >= 4 is 27.2 Å². The highest BCUT2D eigenvalue weighted by Gasteiger charge is 2.40. The van der Waals surface area contributed by atoms with Crippen molar-refractivity contribution in [3.63, 3.8) is 0 Å². The van der Waals surface area contributed by atoms with Crippen LogP contribution >= 0.6 is 0 Å². The number of hydrogen-bond donors (Lipinski definition) is 2. The van der Waals surface area contributed by atoms with Gasteiger partial charge in [0.1, 0.15) is 0 Å². The lowest BCUT2D eigenvalue weighted by atomic mass is 9.69. The molecule has 0 amide bonds. The zero-order valence-corrected chi connectivity index (χ0v) is 23.1. The molecule has 10 heteroatoms. The van der Waals surface area contributed by atoms with E-state index in [1.807, 2.05) is 12.1 Å². The monoisotopic (exact) mass is 528 g/mol. The third-order valence-corrected chi connectivity index (χ3v) is 8.85. The first-order valence-electron chi connectivity index (χ1n) is 12.5. The molecular formula is C27H36N4O5S. The zero-order valence-electron chi connectivity index (χ0n) is 22.3. The van der Waals surface area contributed by atoms with E-state index in [-0.39, 0.29) is 38.9 Å². The number of carbonyl (C=O) groups is 1. The molecule has 200 valence electrons. The van der Waals surface area contributed by atoms with Crippen LogP contribution in [0.2, 0.25) is 0 Å². The molecule has 0 bridgehead atoms. The van der Waals surface area contributed by atoms with Gasteiger partial charge in [0.2, 0.25) is 10.0 Å². The number of pyridine rings is 1. The second-order valence-electron chi connectivity index (χ2n) is 12.0. The van der Waals surface area contributed by atoms with Crippen LogP contribution in [0.5, 0.6) is 0 Å². The maximum atomic E-state index is 13.2. The van der Waals surface area contributed by atoms with E-state index < -0.39 is 16.0 Å². The predicted octanol–water partition coefficient (Wildman–Crippen LogP) is 4.12. The van der Waals surface area contributed by atoms with Gasteiger partial charge in [-0.25, -0.2) is 27.7 Å². The third kappa shape index (κ3) is 5.50. The molecule has 1 aromatic carbocycles. The Morgan fingerprint density at radius 2 is 1.81 bits per heavy atom. The Kier molecular flexibility index (Phi) is 6.87. The van der Waals surface area contributed by atoms with Gasteiger partial charge in [-0.2, -0.15) is 0 Å². The van der Waals surface area contributed by atoms with E-state index in [1.54, 1.807) is 16.2 Å². The number of nitrogens with one attached hydrogen (secondary N) is 1. The number of rotatable bonds is 6. The summed E-state index contributed by atoms with van der Waals surface area (Å²) in [6.07, 6.45) is 2.22. The lowest BCUT2D eigenvalue weighted by Crippen LogP contribution is -2.48. The van der Waals surface area contributed by atoms with Gasteiger partial charge in [0.15, 0.2) is 5.65 Å². The molecule has 0 saturated heterocycles. The Morgan fingerprint density at radius 1 is 1.16 bits per heavy atom. The molecule has 1 fully saturated rings. The minimum atomic E-state index is -3.85. The topological polar surface area (TPSA) is 123 Å². The summed E-state index contributed by atoms with van der Waals surface area (Å²) in [5.41, 5.74) is 1.86. The summed E-state index contributed by atoms with van der Waals surface area (Å²) in [6, 6.07) is 8.78. The van der Waals surface area contributed by atoms with Crippen LogP contribution in [0.25, 0.3) is 11.2 Å². The predicted molar refractivity (Wildman–Crippen MR) is 142 cm³/mol. The number of carboxylic acids is 1. The van der Waals surface area contributed by atoms with Crippen molar-refractivity contribution in [3.8, 4) is 0 Å². The van der Waals surface area contributed by atoms with Crippen LogP contribution in [-0.2, 0) is 23.6 Å². The highest BCUT2D eigenvalue weighted by molar-refractivity contribution is 7.89. The molecule has 2 heterocycles. The van der Waals surface area contributed by atoms with E-state index in [2.05, 4.69) is 39.3 Å². The van der Waals surface area contributed by atoms with Gasteiger partial charge in [-0.05, 0) is 66.5 Å². The molecule has 0 radical (unpaired) electrons. The highest BCUT2D eigenvalue weighted by Crippen LogP contribution is 2.43. The van der Waals surface area contributed by atoms with E-state index >= 15 is 0 Å². The van der Waals surface area contributed by atoms with E-state index in [4.69, 9.17) is 10.1 Å². The second-order valence-corrected chi connectivity index (χ2v) is 13.7. The zero-order chi connectivity index (χ0) is 27.3. The van der Waals surface area contributed by atoms with Gasteiger partial charge >= 0.3 is 11.7 Å². The Bertz CT molecular complexity index is 1490. The van der Waals surface area contributed by atoms with Gasteiger partial charge in [0.05, 0.1) is 16.0 Å². The Balaban J connectivity index is 1.61. The summed E-state index contributed by atoms with van der Waals surface area (Å²) in [4.78, 5) is 29.0. The fraction of sp³-hybridized carbons (Fsp3) is 0.519. The smallest absolute Gasteiger partial charge is 0.335 e. The maximum absolute atomic E-state index is 13.2. The summed E-state index contributed by atoms with van der Waals surface area (Å²) >= 11 is 0. The first kappa shape index (κ1) is 27.1. The van der Waals surface area contributed by atoms with Crippen LogP contribution in [0, 0.1) is 10.8 Å². The van der Waals surface area contributed by atoms with Crippen LogP contribution in [0.15, 0.2) is 46.1 Å². The average Bonchev–Trinajstić information content (AvgIpc) is 3.03. The van der Waals surface area contributed by atoms with Crippen molar-refractivity contribution < 1.29 is 18.3 Å². The number of sulfonamides is 1. The SMILES string of the molecule is Cn1c(=O)n(CC(C)(C)C)c2ccc(C3CCC(C)(C)C(NS(=O)(=O)c4ccc(C(=O)O)cc4)C3)nc21. The minimum absolute atomic E-state index is 0.0283. The molecule has 4 rings (SSSR count). The molecule has 37 heavy (non-hydrogen) atoms. The average molecular weight is 529 g/mol. The molecule has 1 aliphatic rings. The van der Waals surface area contributed by atoms with Gasteiger partial charge in [-0.3, -0.25) is 9.13 Å². The molecule has 0 aliphatic heterocycles. The fourth-order valence-corrected chi connectivity index (χ4v) is 6.51. The lowest BCUT2D eigenvalue weighted by Gasteiger charge is -2.42. The minimum Gasteiger partial charge on any atom is -0.478 e. The summed E-state index contributed by atoms with van der Waals surface area (Å²) in [7, 11) is -2.12. The number of aromatic carboxylic acids is 1. The van der Waals surface area contributed by atoms with Crippen molar-refractivity contribution in [1.29, 1.82) is 0 Å². The third-order valence-electron chi connectivity index (χ3n) is 7.36. The summed E-state index contributed by atoms with van der Waals surface area (Å²) in [5, 5.41) is 9.10. The highest BCUT2D eigenvalue weighted by atomic mass is 32.2. The Hall–Kier alpha value is -2.98. The molecule has 1 saturated carbocycles. The Labute approximate surface area is 217 Å². The molecule has 9 nitrogen and oxygen atoms in total. The molecule has 2 atom stereocenters. The van der Waals surface area contributed by atoms with Crippen molar-refractivity contribution in [2.24, 2.45) is 17.9 Å². The summed E-state index contributed by atoms with van der Waals surface area (Å²) < 4.78 is 32.6. The maximum Gasteiger partial charge on any atom is 0.335 e. The number of aryl methyl sites for hydroxylation is 1. The summed E-state index contributed by atoms with van der Waals surface area (Å²) in [6.45, 7) is 11.0. The number of fused-ring (bicyclic) bond motifs is 1. The Morgan fingerprint density at radius 3 is 2.41 bits per heavy atom. The van der Waals surface area contributed by atoms with Gasteiger partial charge in [0.25, 0.3) is 0 Å². The molecule has 3 aromatic rings. The van der Waals surface area contributed by atoms with E-state index in [0.717, 1.165) is 24.1 Å². The standard InChI is InChI=1S/C27H36N4O5S/c1-26(2,3)16-31-21-12-11-20(28-23(21)30(6)25(31)34)18-13-14-27(4,5)22(15-18)29-37(35,36)19-9-7-17(8-10-19)24(32)33/h7-12,18,22,29H,13-16H2,1-6H3,(H,32,33). The molecule has 1 aliphatic carbocycles. The van der Waals surface area contributed by atoms with Gasteiger partial charge in [-0.15, -0.1) is 0 Å². The van der Waals surface area contributed by atoms with Crippen molar-refractivity contribution in [2.75, 3.05) is 0 Å². The summed E-state index contributed by atoms with van der Waals surface area (Å²) in [5.74, 6) is -1.08. The number of benzene rings is 1. The van der Waals surface area contributed by atoms with Crippen LogP contribution < -0.4 is 10.4 Å². The largest absolute Gasteiger partial charge is 0.478 e. The lowest BCUT2D eigenvalue weighted by molar-refractivity contribution is 0.0696. The number of carboxylic acid groups (broad SMARTS) is 1. The molecular weight excluding hydrogens is 492 g/mol. The van der Waals surface area contributed by atoms with Gasteiger partial charge < -0.3 is 5.11 Å². The van der Waals surface area contributed by atoms with Crippen molar-refractivity contribution in [3.05, 3.63) is 58.1 Å². The first-order chi connectivity index (χ1) is 17.1. The van der Waals surface area contributed by atoms with Crippen LogP contribution in [-0.4, -0.2) is 39.7 Å². The molecule has 2 aromatic heterocycles. The van der Waals surface area contributed by atoms with Crippen LogP contribution in [0.3, 0.4) is 0 Å². The fourth-order valence-electron chi connectivity index (χ4n) is 5.09. The van der Waals surface area contributed by atoms with E-state index in [0.29, 0.717) is 18.6 Å². The van der Waals surface area contributed by atoms with Gasteiger partial charge in [0, 0.05) is 31.2 Å². The quantitative estimate of drug-likeness (QED) is 0.496. The molecule has 0 spiro atoms.